The lowest BCUT2D eigenvalue weighted by Gasteiger charge is -2.07. The van der Waals surface area contributed by atoms with E-state index in [1.807, 2.05) is 36.4 Å². The van der Waals surface area contributed by atoms with Gasteiger partial charge in [0.25, 0.3) is 0 Å². The van der Waals surface area contributed by atoms with Gasteiger partial charge >= 0.3 is 6.03 Å². The van der Waals surface area contributed by atoms with Crippen molar-refractivity contribution in [1.29, 1.82) is 0 Å². The normalized spacial score (nSPS) is 10.1. The van der Waals surface area contributed by atoms with Crippen LogP contribution in [0.3, 0.4) is 0 Å². The van der Waals surface area contributed by atoms with E-state index in [4.69, 9.17) is 0 Å². The van der Waals surface area contributed by atoms with Gasteiger partial charge in [0.05, 0.1) is 0 Å². The molecule has 2 rings (SSSR count). The number of thioether (sulfide) groups is 1. The van der Waals surface area contributed by atoms with Crippen LogP contribution in [0.2, 0.25) is 0 Å². The van der Waals surface area contributed by atoms with Gasteiger partial charge in [-0.05, 0) is 23.8 Å². The van der Waals surface area contributed by atoms with Gasteiger partial charge in [0.15, 0.2) is 0 Å². The molecule has 3 nitrogen and oxygen atoms in total. The van der Waals surface area contributed by atoms with E-state index in [2.05, 4.69) is 10.6 Å². The van der Waals surface area contributed by atoms with Crippen molar-refractivity contribution in [3.05, 3.63) is 66.0 Å². The van der Waals surface area contributed by atoms with Crippen molar-refractivity contribution in [3.8, 4) is 0 Å². The van der Waals surface area contributed by atoms with E-state index >= 15 is 0 Å². The van der Waals surface area contributed by atoms with Crippen molar-refractivity contribution in [2.75, 3.05) is 17.6 Å². The highest BCUT2D eigenvalue weighted by atomic mass is 32.2. The lowest BCUT2D eigenvalue weighted by molar-refractivity contribution is 0.252. The van der Waals surface area contributed by atoms with Crippen molar-refractivity contribution in [3.63, 3.8) is 0 Å². The molecule has 5 heteroatoms. The monoisotopic (exact) mass is 304 g/mol. The van der Waals surface area contributed by atoms with Crippen molar-refractivity contribution in [2.24, 2.45) is 0 Å². The molecule has 0 aliphatic carbocycles. The molecule has 0 heterocycles. The molecule has 0 aromatic heterocycles. The number of benzene rings is 2. The van der Waals surface area contributed by atoms with E-state index in [9.17, 15) is 9.18 Å². The van der Waals surface area contributed by atoms with Gasteiger partial charge in [-0.25, -0.2) is 9.18 Å². The Hall–Kier alpha value is -2.01. The Morgan fingerprint density at radius 3 is 2.52 bits per heavy atom. The zero-order chi connectivity index (χ0) is 14.9. The van der Waals surface area contributed by atoms with E-state index in [0.29, 0.717) is 17.9 Å². The molecule has 0 atom stereocenters. The minimum absolute atomic E-state index is 0.181. The Labute approximate surface area is 127 Å². The third-order valence-corrected chi connectivity index (χ3v) is 3.79. The fourth-order valence-electron chi connectivity index (χ4n) is 1.73. The summed E-state index contributed by atoms with van der Waals surface area (Å²) in [4.78, 5) is 11.6. The predicted octanol–water partition coefficient (Wildman–Crippen LogP) is 3.88. The zero-order valence-corrected chi connectivity index (χ0v) is 12.3. The number of amides is 2. The van der Waals surface area contributed by atoms with Crippen LogP contribution in [0.25, 0.3) is 0 Å². The minimum atomic E-state index is -0.229. The Morgan fingerprint density at radius 1 is 1.05 bits per heavy atom. The minimum Gasteiger partial charge on any atom is -0.337 e. The Morgan fingerprint density at radius 2 is 1.76 bits per heavy atom. The second kappa shape index (κ2) is 8.32. The molecule has 0 fully saturated rings. The van der Waals surface area contributed by atoms with Gasteiger partial charge in [-0.3, -0.25) is 0 Å². The lowest BCUT2D eigenvalue weighted by atomic mass is 10.2. The molecule has 2 N–H and O–H groups in total. The summed E-state index contributed by atoms with van der Waals surface area (Å²) in [6.45, 7) is 0.539. The van der Waals surface area contributed by atoms with Crippen molar-refractivity contribution in [2.45, 2.75) is 5.75 Å². The molecule has 0 saturated carbocycles. The first kappa shape index (κ1) is 15.4. The summed E-state index contributed by atoms with van der Waals surface area (Å²) >= 11 is 1.59. The Bertz CT molecular complexity index is 577. The summed E-state index contributed by atoms with van der Waals surface area (Å²) in [6, 6.07) is 15.8. The number of hydrogen-bond donors (Lipinski definition) is 2. The van der Waals surface area contributed by atoms with Crippen LogP contribution in [-0.2, 0) is 5.75 Å². The second-order valence-corrected chi connectivity index (χ2v) is 5.50. The highest BCUT2D eigenvalue weighted by Crippen LogP contribution is 2.14. The highest BCUT2D eigenvalue weighted by molar-refractivity contribution is 7.98. The first-order chi connectivity index (χ1) is 10.3. The molecule has 0 unspecified atom stereocenters. The maximum atomic E-state index is 13.4. The van der Waals surface area contributed by atoms with Crippen molar-refractivity contribution >= 4 is 23.5 Å². The molecule has 0 radical (unpaired) electrons. The highest BCUT2D eigenvalue weighted by Gasteiger charge is 2.02. The van der Waals surface area contributed by atoms with Crippen LogP contribution < -0.4 is 10.6 Å². The molecule has 0 aliphatic rings. The number of rotatable bonds is 6. The molecule has 2 aromatic rings. The number of carbonyl (C=O) groups excluding carboxylic acids is 1. The zero-order valence-electron chi connectivity index (χ0n) is 11.5. The first-order valence-electron chi connectivity index (χ1n) is 6.67. The maximum absolute atomic E-state index is 13.4. The van der Waals surface area contributed by atoms with E-state index in [0.717, 1.165) is 11.4 Å². The average molecular weight is 304 g/mol. The molecule has 0 saturated heterocycles. The topological polar surface area (TPSA) is 41.1 Å². The summed E-state index contributed by atoms with van der Waals surface area (Å²) < 4.78 is 13.4. The molecule has 0 bridgehead atoms. The van der Waals surface area contributed by atoms with Gasteiger partial charge in [-0.1, -0.05) is 36.4 Å². The molecular formula is C16H17FN2OS. The lowest BCUT2D eigenvalue weighted by Crippen LogP contribution is -2.30. The van der Waals surface area contributed by atoms with E-state index < -0.39 is 0 Å². The van der Waals surface area contributed by atoms with Crippen LogP contribution in [0, 0.1) is 5.82 Å². The van der Waals surface area contributed by atoms with Gasteiger partial charge in [0, 0.05) is 23.7 Å². The quantitative estimate of drug-likeness (QED) is 0.795. The number of anilines is 1. The van der Waals surface area contributed by atoms with Gasteiger partial charge in [-0.15, -0.1) is 0 Å². The summed E-state index contributed by atoms with van der Waals surface area (Å²) in [5.74, 6) is 1.16. The Balaban J connectivity index is 1.62. The Kier molecular flexibility index (Phi) is 6.09. The summed E-state index contributed by atoms with van der Waals surface area (Å²) in [6.07, 6.45) is 0. The van der Waals surface area contributed by atoms with Gasteiger partial charge in [0.1, 0.15) is 5.82 Å². The van der Waals surface area contributed by atoms with Gasteiger partial charge < -0.3 is 10.6 Å². The van der Waals surface area contributed by atoms with Gasteiger partial charge in [-0.2, -0.15) is 11.8 Å². The molecule has 0 spiro atoms. The molecule has 0 aliphatic heterocycles. The third-order valence-electron chi connectivity index (χ3n) is 2.78. The number of urea groups is 1. The number of halogens is 1. The van der Waals surface area contributed by atoms with Gasteiger partial charge in [0.2, 0.25) is 0 Å². The fraction of sp³-hybridized carbons (Fsp3) is 0.188. The van der Waals surface area contributed by atoms with Crippen LogP contribution in [0.15, 0.2) is 54.6 Å². The van der Waals surface area contributed by atoms with Crippen LogP contribution in [0.5, 0.6) is 0 Å². The van der Waals surface area contributed by atoms with Crippen LogP contribution in [-0.4, -0.2) is 18.3 Å². The maximum Gasteiger partial charge on any atom is 0.319 e. The van der Waals surface area contributed by atoms with Crippen LogP contribution >= 0.6 is 11.8 Å². The SMILES string of the molecule is O=C(NCCSCc1ccccc1F)Nc1ccccc1. The summed E-state index contributed by atoms with van der Waals surface area (Å²) in [5, 5.41) is 5.51. The molecule has 2 amide bonds. The predicted molar refractivity (Wildman–Crippen MR) is 86.0 cm³/mol. The van der Waals surface area contributed by atoms with E-state index in [1.165, 1.54) is 6.07 Å². The van der Waals surface area contributed by atoms with Crippen molar-refractivity contribution < 1.29 is 9.18 Å². The number of carbonyl (C=O) groups is 1. The number of nitrogens with one attached hydrogen (secondary N) is 2. The number of para-hydroxylation sites is 1. The molecular weight excluding hydrogens is 287 g/mol. The second-order valence-electron chi connectivity index (χ2n) is 4.39. The van der Waals surface area contributed by atoms with Crippen LogP contribution in [0.4, 0.5) is 14.9 Å². The molecule has 110 valence electrons. The smallest absolute Gasteiger partial charge is 0.319 e. The largest absolute Gasteiger partial charge is 0.337 e. The fourth-order valence-corrected chi connectivity index (χ4v) is 2.58. The molecule has 2 aromatic carbocycles. The standard InChI is InChI=1S/C16H17FN2OS/c17-15-9-5-4-6-13(15)12-21-11-10-18-16(20)19-14-7-2-1-3-8-14/h1-9H,10-12H2,(H2,18,19,20). The number of hydrogen-bond acceptors (Lipinski definition) is 2. The average Bonchev–Trinajstić information content (AvgIpc) is 2.50. The van der Waals surface area contributed by atoms with Crippen molar-refractivity contribution in [1.82, 2.24) is 5.32 Å². The first-order valence-corrected chi connectivity index (χ1v) is 7.82. The van der Waals surface area contributed by atoms with Crippen LogP contribution in [0.1, 0.15) is 5.56 Å². The summed E-state index contributed by atoms with van der Waals surface area (Å²) in [7, 11) is 0. The van der Waals surface area contributed by atoms with E-state index in [1.54, 1.807) is 23.9 Å². The summed E-state index contributed by atoms with van der Waals surface area (Å²) in [5.41, 5.74) is 1.45. The third kappa shape index (κ3) is 5.47. The molecule has 21 heavy (non-hydrogen) atoms. The van der Waals surface area contributed by atoms with E-state index in [-0.39, 0.29) is 11.8 Å².